The molecule has 0 bridgehead atoms. The monoisotopic (exact) mass is 278 g/mol. The number of fused-ring (bicyclic) bond motifs is 2. The van der Waals surface area contributed by atoms with E-state index in [-0.39, 0.29) is 5.56 Å². The molecule has 0 aliphatic carbocycles. The van der Waals surface area contributed by atoms with Gasteiger partial charge in [0.15, 0.2) is 0 Å². The number of nitrogen functional groups attached to an aromatic ring is 1. The normalized spacial score (nSPS) is 13.6. The Morgan fingerprint density at radius 1 is 1.19 bits per heavy atom. The Labute approximate surface area is 121 Å². The average Bonchev–Trinajstić information content (AvgIpc) is 2.92. The molecular formula is C16H14N4O. The first-order valence-corrected chi connectivity index (χ1v) is 6.87. The summed E-state index contributed by atoms with van der Waals surface area (Å²) in [6, 6.07) is 13.4. The maximum Gasteiger partial charge on any atom is 0.260 e. The lowest BCUT2D eigenvalue weighted by molar-refractivity contribution is 0.942. The van der Waals surface area contributed by atoms with Gasteiger partial charge in [-0.05, 0) is 36.2 Å². The van der Waals surface area contributed by atoms with E-state index in [1.54, 1.807) is 18.2 Å². The molecule has 0 saturated carbocycles. The molecule has 21 heavy (non-hydrogen) atoms. The average molecular weight is 278 g/mol. The molecule has 0 spiro atoms. The van der Waals surface area contributed by atoms with Gasteiger partial charge in [-0.1, -0.05) is 18.2 Å². The largest absolute Gasteiger partial charge is 0.399 e. The lowest BCUT2D eigenvalue weighted by Crippen LogP contribution is -2.21. The minimum absolute atomic E-state index is 0.160. The van der Waals surface area contributed by atoms with Crippen molar-refractivity contribution >= 4 is 28.2 Å². The number of benzene rings is 2. The zero-order valence-corrected chi connectivity index (χ0v) is 11.3. The zero-order valence-electron chi connectivity index (χ0n) is 11.3. The second kappa shape index (κ2) is 4.34. The molecule has 0 fully saturated rings. The van der Waals surface area contributed by atoms with Gasteiger partial charge < -0.3 is 10.6 Å². The van der Waals surface area contributed by atoms with Crippen molar-refractivity contribution in [2.75, 3.05) is 17.2 Å². The second-order valence-corrected chi connectivity index (χ2v) is 5.20. The van der Waals surface area contributed by atoms with Crippen LogP contribution in [0.4, 0.5) is 17.3 Å². The van der Waals surface area contributed by atoms with Crippen LogP contribution in [-0.2, 0) is 6.42 Å². The fourth-order valence-electron chi connectivity index (χ4n) is 2.83. The SMILES string of the molecule is Nc1ccc2nc(N3CCc4ccccc43)[nH]c(=O)c2c1. The molecule has 3 aromatic rings. The summed E-state index contributed by atoms with van der Waals surface area (Å²) in [4.78, 5) is 21.7. The van der Waals surface area contributed by atoms with Crippen LogP contribution in [0.3, 0.4) is 0 Å². The second-order valence-electron chi connectivity index (χ2n) is 5.20. The van der Waals surface area contributed by atoms with Gasteiger partial charge in [0.2, 0.25) is 5.95 Å². The molecule has 104 valence electrons. The van der Waals surface area contributed by atoms with Gasteiger partial charge in [0.1, 0.15) is 0 Å². The van der Waals surface area contributed by atoms with E-state index >= 15 is 0 Å². The molecule has 0 amide bonds. The van der Waals surface area contributed by atoms with Gasteiger partial charge in [-0.15, -0.1) is 0 Å². The van der Waals surface area contributed by atoms with Crippen LogP contribution in [0.2, 0.25) is 0 Å². The lowest BCUT2D eigenvalue weighted by atomic mass is 10.2. The molecule has 1 aliphatic heterocycles. The summed E-state index contributed by atoms with van der Waals surface area (Å²) in [5.74, 6) is 0.585. The van der Waals surface area contributed by atoms with Crippen molar-refractivity contribution in [3.63, 3.8) is 0 Å². The Morgan fingerprint density at radius 2 is 2.05 bits per heavy atom. The molecule has 0 unspecified atom stereocenters. The van der Waals surface area contributed by atoms with E-state index in [1.165, 1.54) is 5.56 Å². The quantitative estimate of drug-likeness (QED) is 0.669. The van der Waals surface area contributed by atoms with Crippen molar-refractivity contribution in [1.82, 2.24) is 9.97 Å². The maximum absolute atomic E-state index is 12.2. The summed E-state index contributed by atoms with van der Waals surface area (Å²) in [7, 11) is 0. The summed E-state index contributed by atoms with van der Waals surface area (Å²) in [6.45, 7) is 0.822. The van der Waals surface area contributed by atoms with Crippen molar-refractivity contribution < 1.29 is 0 Å². The predicted molar refractivity (Wildman–Crippen MR) is 83.9 cm³/mol. The number of aromatic amines is 1. The highest BCUT2D eigenvalue weighted by Crippen LogP contribution is 2.32. The summed E-state index contributed by atoms with van der Waals surface area (Å²) in [5.41, 5.74) is 9.17. The van der Waals surface area contributed by atoms with Gasteiger partial charge in [-0.3, -0.25) is 9.78 Å². The van der Waals surface area contributed by atoms with E-state index < -0.39 is 0 Å². The molecule has 5 nitrogen and oxygen atoms in total. The minimum Gasteiger partial charge on any atom is -0.399 e. The number of anilines is 3. The van der Waals surface area contributed by atoms with Gasteiger partial charge in [-0.25, -0.2) is 4.98 Å². The first-order valence-electron chi connectivity index (χ1n) is 6.87. The molecule has 1 aromatic heterocycles. The van der Waals surface area contributed by atoms with E-state index in [9.17, 15) is 4.79 Å². The highest BCUT2D eigenvalue weighted by Gasteiger charge is 2.22. The van der Waals surface area contributed by atoms with E-state index in [0.29, 0.717) is 22.5 Å². The van der Waals surface area contributed by atoms with E-state index in [1.807, 2.05) is 17.0 Å². The van der Waals surface area contributed by atoms with Crippen LogP contribution in [0.15, 0.2) is 47.3 Å². The molecule has 1 aliphatic rings. The lowest BCUT2D eigenvalue weighted by Gasteiger charge is -2.18. The van der Waals surface area contributed by atoms with Crippen molar-refractivity contribution in [3.05, 3.63) is 58.4 Å². The predicted octanol–water partition coefficient (Wildman–Crippen LogP) is 2.20. The third-order valence-electron chi connectivity index (χ3n) is 3.86. The van der Waals surface area contributed by atoms with Crippen LogP contribution in [0.1, 0.15) is 5.56 Å². The van der Waals surface area contributed by atoms with Gasteiger partial charge in [0.25, 0.3) is 5.56 Å². The van der Waals surface area contributed by atoms with E-state index in [2.05, 4.69) is 22.1 Å². The molecule has 2 aromatic carbocycles. The minimum atomic E-state index is -0.160. The van der Waals surface area contributed by atoms with E-state index in [4.69, 9.17) is 5.73 Å². The van der Waals surface area contributed by atoms with Crippen molar-refractivity contribution in [2.24, 2.45) is 0 Å². The summed E-state index contributed by atoms with van der Waals surface area (Å²) >= 11 is 0. The number of nitrogens with two attached hydrogens (primary N) is 1. The number of rotatable bonds is 1. The summed E-state index contributed by atoms with van der Waals surface area (Å²) < 4.78 is 0. The van der Waals surface area contributed by atoms with Gasteiger partial charge in [0.05, 0.1) is 10.9 Å². The zero-order chi connectivity index (χ0) is 14.4. The van der Waals surface area contributed by atoms with Gasteiger partial charge in [-0.2, -0.15) is 0 Å². The maximum atomic E-state index is 12.2. The van der Waals surface area contributed by atoms with E-state index in [0.717, 1.165) is 18.7 Å². The van der Waals surface area contributed by atoms with Gasteiger partial charge >= 0.3 is 0 Å². The number of aromatic nitrogens is 2. The van der Waals surface area contributed by atoms with Crippen LogP contribution in [0, 0.1) is 0 Å². The molecule has 0 radical (unpaired) electrons. The number of nitrogens with one attached hydrogen (secondary N) is 1. The Balaban J connectivity index is 1.89. The van der Waals surface area contributed by atoms with Crippen LogP contribution in [0.5, 0.6) is 0 Å². The van der Waals surface area contributed by atoms with Crippen molar-refractivity contribution in [2.45, 2.75) is 6.42 Å². The highest BCUT2D eigenvalue weighted by molar-refractivity contribution is 5.82. The Bertz CT molecular complexity index is 900. The van der Waals surface area contributed by atoms with Crippen LogP contribution in [0.25, 0.3) is 10.9 Å². The molecular weight excluding hydrogens is 264 g/mol. The number of para-hydroxylation sites is 1. The standard InChI is InChI=1S/C16H14N4O/c17-11-5-6-13-12(9-11)15(21)19-16(18-13)20-8-7-10-3-1-2-4-14(10)20/h1-6,9H,7-8,17H2,(H,18,19,21). The molecule has 2 heterocycles. The Morgan fingerprint density at radius 3 is 2.95 bits per heavy atom. The Kier molecular flexibility index (Phi) is 2.47. The summed E-state index contributed by atoms with van der Waals surface area (Å²) in [6.07, 6.45) is 0.958. The first kappa shape index (κ1) is 12.0. The molecule has 0 atom stereocenters. The van der Waals surface area contributed by atoms with Crippen LogP contribution in [-0.4, -0.2) is 16.5 Å². The van der Waals surface area contributed by atoms with Crippen LogP contribution >= 0.6 is 0 Å². The molecule has 0 saturated heterocycles. The molecule has 5 heteroatoms. The number of hydrogen-bond donors (Lipinski definition) is 2. The fourth-order valence-corrected chi connectivity index (χ4v) is 2.83. The third-order valence-corrected chi connectivity index (χ3v) is 3.86. The molecule has 4 rings (SSSR count). The van der Waals surface area contributed by atoms with Crippen LogP contribution < -0.4 is 16.2 Å². The summed E-state index contributed by atoms with van der Waals surface area (Å²) in [5, 5.41) is 0.520. The Hall–Kier alpha value is -2.82. The number of nitrogens with zero attached hydrogens (tertiary/aromatic N) is 2. The van der Waals surface area contributed by atoms with Crippen molar-refractivity contribution in [1.29, 1.82) is 0 Å². The third kappa shape index (κ3) is 1.86. The highest BCUT2D eigenvalue weighted by atomic mass is 16.1. The van der Waals surface area contributed by atoms with Crippen molar-refractivity contribution in [3.8, 4) is 0 Å². The fraction of sp³-hybridized carbons (Fsp3) is 0.125. The smallest absolute Gasteiger partial charge is 0.260 e. The molecule has 3 N–H and O–H groups in total. The first-order chi connectivity index (χ1) is 10.2. The van der Waals surface area contributed by atoms with Gasteiger partial charge in [0, 0.05) is 17.9 Å². The topological polar surface area (TPSA) is 75.0 Å². The number of hydrogen-bond acceptors (Lipinski definition) is 4. The number of H-pyrrole nitrogens is 1.